The lowest BCUT2D eigenvalue weighted by molar-refractivity contribution is 0.0942. The van der Waals surface area contributed by atoms with Crippen LogP contribution in [0.15, 0.2) is 79.0 Å². The lowest BCUT2D eigenvalue weighted by Crippen LogP contribution is -2.30. The molecule has 0 saturated carbocycles. The van der Waals surface area contributed by atoms with Crippen molar-refractivity contribution >= 4 is 11.6 Å². The first-order chi connectivity index (χ1) is 13.7. The second-order valence-corrected chi connectivity index (χ2v) is 6.70. The Morgan fingerprint density at radius 1 is 0.964 bits per heavy atom. The number of nitrogens with zero attached hydrogens (tertiary/aromatic N) is 2. The quantitative estimate of drug-likeness (QED) is 0.615. The predicted molar refractivity (Wildman–Crippen MR) is 115 cm³/mol. The third-order valence-corrected chi connectivity index (χ3v) is 4.76. The molecule has 3 rings (SSSR count). The number of amides is 1. The molecular weight excluding hydrogens is 346 g/mol. The number of hydrogen-bond donors (Lipinski definition) is 1. The molecule has 1 unspecified atom stereocenters. The van der Waals surface area contributed by atoms with Crippen LogP contribution in [0.2, 0.25) is 0 Å². The van der Waals surface area contributed by atoms with E-state index in [0.717, 1.165) is 36.5 Å². The van der Waals surface area contributed by atoms with Gasteiger partial charge in [-0.15, -0.1) is 0 Å². The van der Waals surface area contributed by atoms with E-state index >= 15 is 0 Å². The van der Waals surface area contributed by atoms with Crippen molar-refractivity contribution < 1.29 is 4.79 Å². The third kappa shape index (κ3) is 4.77. The summed E-state index contributed by atoms with van der Waals surface area (Å²) in [5.74, 6) is -0.107. The summed E-state index contributed by atoms with van der Waals surface area (Å²) >= 11 is 0. The van der Waals surface area contributed by atoms with Crippen LogP contribution in [0.3, 0.4) is 0 Å². The van der Waals surface area contributed by atoms with Gasteiger partial charge in [-0.3, -0.25) is 9.78 Å². The number of anilines is 1. The van der Waals surface area contributed by atoms with E-state index in [9.17, 15) is 4.79 Å². The molecule has 0 bridgehead atoms. The fraction of sp³-hybridized carbons (Fsp3) is 0.250. The minimum Gasteiger partial charge on any atom is -0.372 e. The van der Waals surface area contributed by atoms with Crippen molar-refractivity contribution in [2.75, 3.05) is 18.0 Å². The second-order valence-electron chi connectivity index (χ2n) is 6.70. The lowest BCUT2D eigenvalue weighted by Gasteiger charge is -2.23. The van der Waals surface area contributed by atoms with Crippen LogP contribution in [0.1, 0.15) is 47.9 Å². The summed E-state index contributed by atoms with van der Waals surface area (Å²) in [6.07, 6.45) is 2.85. The van der Waals surface area contributed by atoms with Gasteiger partial charge in [-0.25, -0.2) is 0 Å². The summed E-state index contributed by atoms with van der Waals surface area (Å²) in [5, 5.41) is 3.14. The van der Waals surface area contributed by atoms with Gasteiger partial charge in [0.1, 0.15) is 0 Å². The summed E-state index contributed by atoms with van der Waals surface area (Å²) in [5.41, 5.74) is 3.61. The van der Waals surface area contributed by atoms with Crippen molar-refractivity contribution in [3.63, 3.8) is 0 Å². The van der Waals surface area contributed by atoms with E-state index in [-0.39, 0.29) is 11.9 Å². The van der Waals surface area contributed by atoms with Gasteiger partial charge >= 0.3 is 0 Å². The van der Waals surface area contributed by atoms with Gasteiger partial charge in [0.25, 0.3) is 5.91 Å². The molecule has 1 N–H and O–H groups in total. The highest BCUT2D eigenvalue weighted by atomic mass is 16.1. The highest BCUT2D eigenvalue weighted by Crippen LogP contribution is 2.21. The number of benzene rings is 2. The molecule has 4 nitrogen and oxygen atoms in total. The van der Waals surface area contributed by atoms with E-state index in [1.807, 2.05) is 72.8 Å². The molecule has 28 heavy (non-hydrogen) atoms. The highest BCUT2D eigenvalue weighted by Gasteiger charge is 2.19. The van der Waals surface area contributed by atoms with Gasteiger partial charge in [-0.05, 0) is 55.3 Å². The summed E-state index contributed by atoms with van der Waals surface area (Å²) in [6, 6.07) is 23.2. The van der Waals surface area contributed by atoms with Gasteiger partial charge < -0.3 is 10.2 Å². The second kappa shape index (κ2) is 9.70. The van der Waals surface area contributed by atoms with Crippen LogP contribution in [-0.4, -0.2) is 24.0 Å². The van der Waals surface area contributed by atoms with Crippen molar-refractivity contribution in [3.05, 3.63) is 95.8 Å². The summed E-state index contributed by atoms with van der Waals surface area (Å²) in [6.45, 7) is 6.28. The predicted octanol–water partition coefficient (Wildman–Crippen LogP) is 4.84. The van der Waals surface area contributed by atoms with Crippen LogP contribution in [-0.2, 0) is 0 Å². The van der Waals surface area contributed by atoms with Gasteiger partial charge in [-0.2, -0.15) is 0 Å². The average Bonchev–Trinajstić information content (AvgIpc) is 2.77. The standard InChI is InChI=1S/C24H27N3O/c1-3-18-27(4-2)21-15-13-20(14-16-21)24(28)26-23(19-10-6-5-7-11-19)22-12-8-9-17-25-22/h5-17,23H,3-4,18H2,1-2H3,(H,26,28). The topological polar surface area (TPSA) is 45.2 Å². The zero-order valence-electron chi connectivity index (χ0n) is 16.5. The van der Waals surface area contributed by atoms with Crippen molar-refractivity contribution in [2.24, 2.45) is 0 Å². The molecule has 0 aliphatic carbocycles. The maximum atomic E-state index is 12.9. The van der Waals surface area contributed by atoms with Crippen molar-refractivity contribution in [3.8, 4) is 0 Å². The molecule has 1 atom stereocenters. The Balaban J connectivity index is 1.80. The molecule has 0 spiro atoms. The van der Waals surface area contributed by atoms with E-state index < -0.39 is 0 Å². The summed E-state index contributed by atoms with van der Waals surface area (Å²) in [7, 11) is 0. The van der Waals surface area contributed by atoms with Crippen molar-refractivity contribution in [1.82, 2.24) is 10.3 Å². The van der Waals surface area contributed by atoms with Gasteiger partial charge in [0, 0.05) is 30.5 Å². The largest absolute Gasteiger partial charge is 0.372 e. The number of carbonyl (C=O) groups is 1. The van der Waals surface area contributed by atoms with Crippen molar-refractivity contribution in [1.29, 1.82) is 0 Å². The molecule has 0 saturated heterocycles. The van der Waals surface area contributed by atoms with E-state index in [1.54, 1.807) is 6.20 Å². The first-order valence-electron chi connectivity index (χ1n) is 9.84. The van der Waals surface area contributed by atoms with Gasteiger partial charge in [0.05, 0.1) is 11.7 Å². The Morgan fingerprint density at radius 3 is 2.29 bits per heavy atom. The smallest absolute Gasteiger partial charge is 0.252 e. The molecule has 1 amide bonds. The molecule has 0 fully saturated rings. The Hall–Kier alpha value is -3.14. The van der Waals surface area contributed by atoms with Gasteiger partial charge in [0.2, 0.25) is 0 Å². The molecule has 144 valence electrons. The van der Waals surface area contributed by atoms with Crippen LogP contribution in [0.4, 0.5) is 5.69 Å². The van der Waals surface area contributed by atoms with E-state index in [0.29, 0.717) is 5.56 Å². The SMILES string of the molecule is CCCN(CC)c1ccc(C(=O)NC(c2ccccc2)c2ccccn2)cc1. The molecule has 1 aromatic heterocycles. The van der Waals surface area contributed by atoms with Crippen LogP contribution in [0, 0.1) is 0 Å². The Kier molecular flexibility index (Phi) is 6.79. The molecule has 4 heteroatoms. The highest BCUT2D eigenvalue weighted by molar-refractivity contribution is 5.95. The number of carbonyl (C=O) groups excluding carboxylic acids is 1. The molecule has 1 heterocycles. The Morgan fingerprint density at radius 2 is 1.68 bits per heavy atom. The average molecular weight is 374 g/mol. The number of nitrogens with one attached hydrogen (secondary N) is 1. The molecule has 3 aromatic rings. The zero-order valence-corrected chi connectivity index (χ0v) is 16.5. The maximum Gasteiger partial charge on any atom is 0.252 e. The first-order valence-corrected chi connectivity index (χ1v) is 9.84. The monoisotopic (exact) mass is 373 g/mol. The fourth-order valence-electron chi connectivity index (χ4n) is 3.30. The summed E-state index contributed by atoms with van der Waals surface area (Å²) < 4.78 is 0. The molecular formula is C24H27N3O. The number of pyridine rings is 1. The first kappa shape index (κ1) is 19.6. The van der Waals surface area contributed by atoms with Gasteiger partial charge in [0.15, 0.2) is 0 Å². The minimum absolute atomic E-state index is 0.107. The Labute approximate surface area is 167 Å². The van der Waals surface area contributed by atoms with Crippen molar-refractivity contribution in [2.45, 2.75) is 26.3 Å². The maximum absolute atomic E-state index is 12.9. The number of rotatable bonds is 8. The van der Waals surface area contributed by atoms with E-state index in [1.165, 1.54) is 0 Å². The lowest BCUT2D eigenvalue weighted by atomic mass is 10.0. The van der Waals surface area contributed by atoms with E-state index in [4.69, 9.17) is 0 Å². The van der Waals surface area contributed by atoms with Crippen LogP contribution >= 0.6 is 0 Å². The van der Waals surface area contributed by atoms with Crippen LogP contribution < -0.4 is 10.2 Å². The fourth-order valence-corrected chi connectivity index (χ4v) is 3.30. The molecule has 2 aromatic carbocycles. The van der Waals surface area contributed by atoms with E-state index in [2.05, 4.69) is 29.0 Å². The Bertz CT molecular complexity index is 824. The number of hydrogen-bond acceptors (Lipinski definition) is 3. The molecule has 0 aliphatic heterocycles. The normalized spacial score (nSPS) is 11.6. The third-order valence-electron chi connectivity index (χ3n) is 4.76. The molecule has 0 radical (unpaired) electrons. The molecule has 0 aliphatic rings. The van der Waals surface area contributed by atoms with Crippen LogP contribution in [0.5, 0.6) is 0 Å². The van der Waals surface area contributed by atoms with Gasteiger partial charge in [-0.1, -0.05) is 43.3 Å². The van der Waals surface area contributed by atoms with Crippen LogP contribution in [0.25, 0.3) is 0 Å². The summed E-state index contributed by atoms with van der Waals surface area (Å²) in [4.78, 5) is 19.7. The zero-order chi connectivity index (χ0) is 19.8. The minimum atomic E-state index is -0.290. The number of aromatic nitrogens is 1.